The van der Waals surface area contributed by atoms with Gasteiger partial charge < -0.3 is 15.1 Å². The van der Waals surface area contributed by atoms with Crippen LogP contribution in [0.3, 0.4) is 0 Å². The molecule has 2 aromatic heterocycles. The molecule has 0 atom stereocenters. The second kappa shape index (κ2) is 7.23. The third-order valence-corrected chi connectivity index (χ3v) is 2.79. The molecular formula is C15H17N3O3. The summed E-state index contributed by atoms with van der Waals surface area (Å²) in [5, 5.41) is 5.44. The van der Waals surface area contributed by atoms with Crippen LogP contribution in [0.1, 0.15) is 40.0 Å². The van der Waals surface area contributed by atoms with E-state index in [0.717, 1.165) is 6.42 Å². The fourth-order valence-corrected chi connectivity index (χ4v) is 1.71. The summed E-state index contributed by atoms with van der Waals surface area (Å²) in [7, 11) is 0. The summed E-state index contributed by atoms with van der Waals surface area (Å²) in [6, 6.07) is 6.57. The lowest BCUT2D eigenvalue weighted by molar-refractivity contribution is 0.0948. The topological polar surface area (TPSA) is 84.2 Å². The molecule has 0 aliphatic carbocycles. The van der Waals surface area contributed by atoms with Gasteiger partial charge in [0.25, 0.3) is 11.8 Å². The van der Waals surface area contributed by atoms with Gasteiger partial charge in [-0.1, -0.05) is 6.92 Å². The number of carbonyl (C=O) groups is 2. The van der Waals surface area contributed by atoms with Crippen molar-refractivity contribution in [2.75, 3.05) is 6.54 Å². The fraction of sp³-hybridized carbons (Fsp3) is 0.267. The number of pyridine rings is 1. The van der Waals surface area contributed by atoms with Gasteiger partial charge in [-0.05, 0) is 30.7 Å². The van der Waals surface area contributed by atoms with Gasteiger partial charge in [0.2, 0.25) is 0 Å². The summed E-state index contributed by atoms with van der Waals surface area (Å²) in [6.07, 6.45) is 3.84. The highest BCUT2D eigenvalue weighted by Crippen LogP contribution is 2.04. The lowest BCUT2D eigenvalue weighted by atomic mass is 10.2. The van der Waals surface area contributed by atoms with Crippen LogP contribution in [-0.4, -0.2) is 23.3 Å². The van der Waals surface area contributed by atoms with Crippen molar-refractivity contribution in [3.8, 4) is 0 Å². The van der Waals surface area contributed by atoms with Gasteiger partial charge in [-0.25, -0.2) is 0 Å². The van der Waals surface area contributed by atoms with E-state index in [1.54, 1.807) is 24.5 Å². The van der Waals surface area contributed by atoms with Crippen LogP contribution in [0.15, 0.2) is 41.1 Å². The summed E-state index contributed by atoms with van der Waals surface area (Å²) < 4.78 is 5.13. The predicted octanol–water partition coefficient (Wildman–Crippen LogP) is 1.74. The molecule has 6 nitrogen and oxygen atoms in total. The summed E-state index contributed by atoms with van der Waals surface area (Å²) in [4.78, 5) is 27.8. The first kappa shape index (κ1) is 14.8. The Morgan fingerprint density at radius 1 is 1.24 bits per heavy atom. The Balaban J connectivity index is 1.99. The average molecular weight is 287 g/mol. The van der Waals surface area contributed by atoms with E-state index >= 15 is 0 Å². The van der Waals surface area contributed by atoms with E-state index in [0.29, 0.717) is 24.4 Å². The summed E-state index contributed by atoms with van der Waals surface area (Å²) >= 11 is 0. The maximum Gasteiger partial charge on any atom is 0.269 e. The van der Waals surface area contributed by atoms with Gasteiger partial charge in [-0.3, -0.25) is 14.6 Å². The molecule has 0 bridgehead atoms. The molecule has 2 heterocycles. The van der Waals surface area contributed by atoms with Gasteiger partial charge in [-0.15, -0.1) is 0 Å². The van der Waals surface area contributed by atoms with Crippen molar-refractivity contribution in [2.45, 2.75) is 19.9 Å². The van der Waals surface area contributed by atoms with Gasteiger partial charge in [0.05, 0.1) is 12.8 Å². The number of hydrogen-bond acceptors (Lipinski definition) is 4. The van der Waals surface area contributed by atoms with E-state index < -0.39 is 0 Å². The number of carbonyl (C=O) groups excluding carboxylic acids is 2. The molecule has 0 aliphatic heterocycles. The molecule has 2 amide bonds. The zero-order valence-corrected chi connectivity index (χ0v) is 11.8. The van der Waals surface area contributed by atoms with E-state index in [-0.39, 0.29) is 17.5 Å². The maximum absolute atomic E-state index is 12.0. The minimum atomic E-state index is -0.280. The molecule has 0 radical (unpaired) electrons. The standard InChI is InChI=1S/C15H17N3O3/c1-2-6-17-15(20)13-9-11(5-7-16-13)14(19)18-10-12-4-3-8-21-12/h3-5,7-9H,2,6,10H2,1H3,(H,17,20)(H,18,19). The van der Waals surface area contributed by atoms with Gasteiger partial charge in [0.1, 0.15) is 11.5 Å². The predicted molar refractivity (Wildman–Crippen MR) is 76.7 cm³/mol. The van der Waals surface area contributed by atoms with Crippen molar-refractivity contribution in [1.82, 2.24) is 15.6 Å². The molecule has 2 aromatic rings. The number of nitrogens with one attached hydrogen (secondary N) is 2. The molecule has 0 aliphatic rings. The fourth-order valence-electron chi connectivity index (χ4n) is 1.71. The molecule has 2 rings (SSSR count). The molecular weight excluding hydrogens is 270 g/mol. The SMILES string of the molecule is CCCNC(=O)c1cc(C(=O)NCc2ccco2)ccn1. The van der Waals surface area contributed by atoms with Crippen molar-refractivity contribution in [3.05, 3.63) is 53.7 Å². The zero-order valence-electron chi connectivity index (χ0n) is 11.8. The van der Waals surface area contributed by atoms with Gasteiger partial charge >= 0.3 is 0 Å². The normalized spacial score (nSPS) is 10.1. The number of rotatable bonds is 6. The first-order valence-corrected chi connectivity index (χ1v) is 6.75. The number of furan rings is 1. The second-order valence-corrected chi connectivity index (χ2v) is 4.45. The molecule has 0 fully saturated rings. The molecule has 0 aromatic carbocycles. The number of hydrogen-bond donors (Lipinski definition) is 2. The maximum atomic E-state index is 12.0. The number of nitrogens with zero attached hydrogens (tertiary/aromatic N) is 1. The smallest absolute Gasteiger partial charge is 0.269 e. The van der Waals surface area contributed by atoms with Crippen molar-refractivity contribution >= 4 is 11.8 Å². The van der Waals surface area contributed by atoms with E-state index in [4.69, 9.17) is 4.42 Å². The molecule has 110 valence electrons. The third-order valence-electron chi connectivity index (χ3n) is 2.79. The molecule has 0 unspecified atom stereocenters. The summed E-state index contributed by atoms with van der Waals surface area (Å²) in [5.74, 6) is 0.106. The Bertz CT molecular complexity index is 608. The number of amides is 2. The zero-order chi connectivity index (χ0) is 15.1. The molecule has 2 N–H and O–H groups in total. The number of aromatic nitrogens is 1. The average Bonchev–Trinajstić information content (AvgIpc) is 3.03. The highest BCUT2D eigenvalue weighted by Gasteiger charge is 2.11. The van der Waals surface area contributed by atoms with Crippen molar-refractivity contribution in [1.29, 1.82) is 0 Å². The monoisotopic (exact) mass is 287 g/mol. The molecule has 21 heavy (non-hydrogen) atoms. The first-order valence-electron chi connectivity index (χ1n) is 6.75. The van der Waals surface area contributed by atoms with Crippen LogP contribution in [-0.2, 0) is 6.54 Å². The summed E-state index contributed by atoms with van der Waals surface area (Å²) in [6.45, 7) is 2.84. The van der Waals surface area contributed by atoms with Crippen molar-refractivity contribution < 1.29 is 14.0 Å². The highest BCUT2D eigenvalue weighted by molar-refractivity contribution is 5.98. The van der Waals surface area contributed by atoms with Crippen LogP contribution < -0.4 is 10.6 Å². The minimum Gasteiger partial charge on any atom is -0.467 e. The van der Waals surface area contributed by atoms with Crippen molar-refractivity contribution in [3.63, 3.8) is 0 Å². The first-order chi connectivity index (χ1) is 10.2. The Morgan fingerprint density at radius 3 is 2.81 bits per heavy atom. The summed E-state index contributed by atoms with van der Waals surface area (Å²) in [5.41, 5.74) is 0.618. The quantitative estimate of drug-likeness (QED) is 0.847. The largest absolute Gasteiger partial charge is 0.467 e. The Hall–Kier alpha value is -2.63. The molecule has 0 saturated heterocycles. The van der Waals surface area contributed by atoms with Crippen LogP contribution in [0.2, 0.25) is 0 Å². The van der Waals surface area contributed by atoms with E-state index in [1.165, 1.54) is 12.3 Å². The lowest BCUT2D eigenvalue weighted by Gasteiger charge is -2.06. The van der Waals surface area contributed by atoms with Crippen LogP contribution in [0, 0.1) is 0 Å². The molecule has 0 spiro atoms. The Morgan fingerprint density at radius 2 is 2.10 bits per heavy atom. The van der Waals surface area contributed by atoms with Crippen LogP contribution in [0.4, 0.5) is 0 Å². The third kappa shape index (κ3) is 4.17. The van der Waals surface area contributed by atoms with Crippen LogP contribution in [0.25, 0.3) is 0 Å². The van der Waals surface area contributed by atoms with Gasteiger partial charge in [0, 0.05) is 18.3 Å². The minimum absolute atomic E-state index is 0.231. The molecule has 6 heteroatoms. The Kier molecular flexibility index (Phi) is 5.09. The highest BCUT2D eigenvalue weighted by atomic mass is 16.3. The van der Waals surface area contributed by atoms with E-state index in [9.17, 15) is 9.59 Å². The van der Waals surface area contributed by atoms with Gasteiger partial charge in [0.15, 0.2) is 0 Å². The Labute approximate surface area is 122 Å². The lowest BCUT2D eigenvalue weighted by Crippen LogP contribution is -2.26. The van der Waals surface area contributed by atoms with Gasteiger partial charge in [-0.2, -0.15) is 0 Å². The second-order valence-electron chi connectivity index (χ2n) is 4.45. The van der Waals surface area contributed by atoms with E-state index in [2.05, 4.69) is 15.6 Å². The van der Waals surface area contributed by atoms with Crippen LogP contribution in [0.5, 0.6) is 0 Å². The van der Waals surface area contributed by atoms with E-state index in [1.807, 2.05) is 6.92 Å². The van der Waals surface area contributed by atoms with Crippen molar-refractivity contribution in [2.24, 2.45) is 0 Å². The van der Waals surface area contributed by atoms with Crippen LogP contribution >= 0.6 is 0 Å². The molecule has 0 saturated carbocycles.